The smallest absolute Gasteiger partial charge is 0.423 e. The van der Waals surface area contributed by atoms with Gasteiger partial charge < -0.3 is 10.0 Å². The van der Waals surface area contributed by atoms with Crippen molar-refractivity contribution in [2.45, 2.75) is 6.92 Å². The summed E-state index contributed by atoms with van der Waals surface area (Å²) < 4.78 is 0. The monoisotopic (exact) mass is 176 g/mol. The summed E-state index contributed by atoms with van der Waals surface area (Å²) in [4.78, 5) is 0. The van der Waals surface area contributed by atoms with Gasteiger partial charge in [0.1, 0.15) is 0 Å². The quantitative estimate of drug-likeness (QED) is 0.515. The van der Waals surface area contributed by atoms with Gasteiger partial charge in [-0.2, -0.15) is 5.10 Å². The maximum absolute atomic E-state index is 9.03. The van der Waals surface area contributed by atoms with Crippen LogP contribution in [0.3, 0.4) is 0 Å². The third-order valence-corrected chi connectivity index (χ3v) is 2.11. The van der Waals surface area contributed by atoms with Crippen LogP contribution < -0.4 is 5.46 Å². The van der Waals surface area contributed by atoms with Crippen LogP contribution in [0.2, 0.25) is 0 Å². The van der Waals surface area contributed by atoms with Crippen molar-refractivity contribution in [3.05, 3.63) is 23.9 Å². The van der Waals surface area contributed by atoms with Gasteiger partial charge in [0.25, 0.3) is 0 Å². The van der Waals surface area contributed by atoms with Gasteiger partial charge in [0, 0.05) is 5.39 Å². The Bertz CT molecular complexity index is 439. The van der Waals surface area contributed by atoms with Gasteiger partial charge in [-0.15, -0.1) is 0 Å². The lowest BCUT2D eigenvalue weighted by molar-refractivity contribution is 0.425. The average molecular weight is 176 g/mol. The lowest BCUT2D eigenvalue weighted by atomic mass is 9.77. The molecule has 0 unspecified atom stereocenters. The molecular weight excluding hydrogens is 167 g/mol. The number of hydrogen-bond acceptors (Lipinski definition) is 3. The maximum atomic E-state index is 9.03. The molecule has 0 aliphatic heterocycles. The van der Waals surface area contributed by atoms with Gasteiger partial charge in [-0.05, 0) is 24.0 Å². The van der Waals surface area contributed by atoms with Gasteiger partial charge in [-0.1, -0.05) is 6.07 Å². The highest BCUT2D eigenvalue weighted by Crippen LogP contribution is 2.10. The third kappa shape index (κ3) is 1.32. The fourth-order valence-electron chi connectivity index (χ4n) is 1.40. The lowest BCUT2D eigenvalue weighted by Crippen LogP contribution is -2.31. The van der Waals surface area contributed by atoms with E-state index in [4.69, 9.17) is 10.0 Å². The van der Waals surface area contributed by atoms with Gasteiger partial charge in [-0.25, -0.2) is 0 Å². The molecule has 0 aliphatic rings. The Morgan fingerprint density at radius 3 is 2.85 bits per heavy atom. The molecule has 0 saturated carbocycles. The molecule has 0 spiro atoms. The first-order valence-corrected chi connectivity index (χ1v) is 3.98. The van der Waals surface area contributed by atoms with Crippen molar-refractivity contribution in [1.82, 2.24) is 10.2 Å². The number of benzene rings is 1. The van der Waals surface area contributed by atoms with Crippen molar-refractivity contribution in [2.75, 3.05) is 0 Å². The summed E-state index contributed by atoms with van der Waals surface area (Å²) in [6.07, 6.45) is 1.65. The van der Waals surface area contributed by atoms with Crippen LogP contribution in [0.1, 0.15) is 5.56 Å². The molecule has 13 heavy (non-hydrogen) atoms. The molecule has 4 nitrogen and oxygen atoms in total. The first-order chi connectivity index (χ1) is 6.18. The Morgan fingerprint density at radius 2 is 2.15 bits per heavy atom. The van der Waals surface area contributed by atoms with E-state index < -0.39 is 7.12 Å². The third-order valence-electron chi connectivity index (χ3n) is 2.11. The lowest BCUT2D eigenvalue weighted by Gasteiger charge is -2.03. The van der Waals surface area contributed by atoms with Crippen LogP contribution in [0.5, 0.6) is 0 Å². The minimum Gasteiger partial charge on any atom is -0.423 e. The molecule has 0 bridgehead atoms. The largest absolute Gasteiger partial charge is 0.488 e. The molecule has 66 valence electrons. The van der Waals surface area contributed by atoms with E-state index in [0.29, 0.717) is 5.46 Å². The first-order valence-electron chi connectivity index (χ1n) is 3.98. The minimum atomic E-state index is -1.42. The fourth-order valence-corrected chi connectivity index (χ4v) is 1.40. The second kappa shape index (κ2) is 2.87. The first kappa shape index (κ1) is 8.28. The molecule has 2 rings (SSSR count). The standard InChI is InChI=1S/C8H9BN2O2/c1-5-2-8-6(4-10-11-8)3-7(5)9(12)13/h2-4,12-13H,1H3,(H,10,11). The fraction of sp³-hybridized carbons (Fsp3) is 0.125. The summed E-state index contributed by atoms with van der Waals surface area (Å²) in [5.74, 6) is 0. The number of fused-ring (bicyclic) bond motifs is 1. The summed E-state index contributed by atoms with van der Waals surface area (Å²) in [5, 5.41) is 25.6. The molecule has 5 heteroatoms. The van der Waals surface area contributed by atoms with Gasteiger partial charge in [0.15, 0.2) is 0 Å². The number of rotatable bonds is 1. The second-order valence-corrected chi connectivity index (χ2v) is 3.04. The van der Waals surface area contributed by atoms with E-state index in [1.165, 1.54) is 0 Å². The normalized spacial score (nSPS) is 10.7. The molecule has 0 fully saturated rings. The molecule has 1 aromatic carbocycles. The van der Waals surface area contributed by atoms with Crippen LogP contribution in [0.4, 0.5) is 0 Å². The zero-order chi connectivity index (χ0) is 9.42. The summed E-state index contributed by atoms with van der Waals surface area (Å²) in [5.41, 5.74) is 2.27. The Balaban J connectivity index is 2.69. The maximum Gasteiger partial charge on any atom is 0.488 e. The van der Waals surface area contributed by atoms with Gasteiger partial charge in [0.05, 0.1) is 11.7 Å². The van der Waals surface area contributed by atoms with Crippen LogP contribution in [0, 0.1) is 6.92 Å². The Hall–Kier alpha value is -1.33. The minimum absolute atomic E-state index is 0.522. The molecule has 0 aliphatic carbocycles. The average Bonchev–Trinajstić information content (AvgIpc) is 2.48. The number of aromatic nitrogens is 2. The van der Waals surface area contributed by atoms with E-state index in [1.807, 2.05) is 13.0 Å². The van der Waals surface area contributed by atoms with Crippen LogP contribution in [-0.2, 0) is 0 Å². The van der Waals surface area contributed by atoms with E-state index >= 15 is 0 Å². The number of nitrogens with zero attached hydrogens (tertiary/aromatic N) is 1. The molecule has 1 heterocycles. The number of aryl methyl sites for hydroxylation is 1. The second-order valence-electron chi connectivity index (χ2n) is 3.04. The Labute approximate surface area is 75.4 Å². The van der Waals surface area contributed by atoms with Crippen molar-refractivity contribution in [2.24, 2.45) is 0 Å². The molecule has 3 N–H and O–H groups in total. The topological polar surface area (TPSA) is 69.1 Å². The van der Waals surface area contributed by atoms with Gasteiger partial charge in [-0.3, -0.25) is 5.10 Å². The highest BCUT2D eigenvalue weighted by molar-refractivity contribution is 6.59. The number of nitrogens with one attached hydrogen (secondary N) is 1. The van der Waals surface area contributed by atoms with Gasteiger partial charge >= 0.3 is 7.12 Å². The molecular formula is C8H9BN2O2. The molecule has 0 amide bonds. The highest BCUT2D eigenvalue weighted by atomic mass is 16.4. The molecule has 2 aromatic rings. The summed E-state index contributed by atoms with van der Waals surface area (Å²) in [7, 11) is -1.42. The molecule has 0 atom stereocenters. The van der Waals surface area contributed by atoms with Crippen molar-refractivity contribution < 1.29 is 10.0 Å². The number of aromatic amines is 1. The van der Waals surface area contributed by atoms with E-state index in [1.54, 1.807) is 12.3 Å². The van der Waals surface area contributed by atoms with Gasteiger partial charge in [0.2, 0.25) is 0 Å². The number of H-pyrrole nitrogens is 1. The number of hydrogen-bond donors (Lipinski definition) is 3. The van der Waals surface area contributed by atoms with E-state index in [-0.39, 0.29) is 0 Å². The predicted octanol–water partition coefficient (Wildman–Crippen LogP) is -0.449. The van der Waals surface area contributed by atoms with Crippen LogP contribution in [-0.4, -0.2) is 27.4 Å². The van der Waals surface area contributed by atoms with Crippen molar-refractivity contribution in [3.63, 3.8) is 0 Å². The summed E-state index contributed by atoms with van der Waals surface area (Å²) in [6, 6.07) is 3.57. The van der Waals surface area contributed by atoms with Crippen LogP contribution in [0.25, 0.3) is 10.9 Å². The molecule has 1 aromatic heterocycles. The van der Waals surface area contributed by atoms with Crippen molar-refractivity contribution in [1.29, 1.82) is 0 Å². The Morgan fingerprint density at radius 1 is 1.38 bits per heavy atom. The van der Waals surface area contributed by atoms with Crippen molar-refractivity contribution in [3.8, 4) is 0 Å². The SMILES string of the molecule is Cc1cc2[nH]ncc2cc1B(O)O. The molecule has 0 radical (unpaired) electrons. The zero-order valence-electron chi connectivity index (χ0n) is 7.15. The van der Waals surface area contributed by atoms with E-state index in [9.17, 15) is 0 Å². The van der Waals surface area contributed by atoms with Crippen LogP contribution >= 0.6 is 0 Å². The zero-order valence-corrected chi connectivity index (χ0v) is 7.15. The van der Waals surface area contributed by atoms with E-state index in [2.05, 4.69) is 10.2 Å². The summed E-state index contributed by atoms with van der Waals surface area (Å²) >= 11 is 0. The van der Waals surface area contributed by atoms with Crippen molar-refractivity contribution >= 4 is 23.5 Å². The Kier molecular flexibility index (Phi) is 1.83. The van der Waals surface area contributed by atoms with E-state index in [0.717, 1.165) is 16.5 Å². The highest BCUT2D eigenvalue weighted by Gasteiger charge is 2.14. The predicted molar refractivity (Wildman–Crippen MR) is 50.7 cm³/mol. The summed E-state index contributed by atoms with van der Waals surface area (Å²) in [6.45, 7) is 1.83. The van der Waals surface area contributed by atoms with Crippen LogP contribution in [0.15, 0.2) is 18.3 Å². The molecule has 0 saturated heterocycles.